The molecule has 0 saturated heterocycles. The fraction of sp³-hybridized carbons (Fsp3) is 0.692. The second-order valence-electron chi connectivity index (χ2n) is 3.08. The van der Waals surface area contributed by atoms with Gasteiger partial charge in [-0.05, 0) is 25.8 Å². The molecule has 0 saturated carbocycles. The second-order valence-corrected chi connectivity index (χ2v) is 3.08. The molecular formula is C13H24N2O. The third kappa shape index (κ3) is 3.89. The number of rotatable bonds is 0. The van der Waals surface area contributed by atoms with Crippen LogP contribution in [0.15, 0.2) is 0 Å². The van der Waals surface area contributed by atoms with E-state index < -0.39 is 0 Å². The van der Waals surface area contributed by atoms with Crippen molar-refractivity contribution < 1.29 is 4.74 Å². The number of aryl methyl sites for hydroxylation is 2. The van der Waals surface area contributed by atoms with Crippen LogP contribution in [0.2, 0.25) is 0 Å². The third-order valence-corrected chi connectivity index (χ3v) is 2.15. The standard InChI is InChI=1S/C9H12N2O.2C2H6/c1-6-8-3-4-12-5-9(8)11-7(2)10-6;2*1-2/h3-5H2,1-2H3;2*1-2H3. The molecule has 0 unspecified atom stereocenters. The molecule has 1 aliphatic heterocycles. The Morgan fingerprint density at radius 2 is 1.62 bits per heavy atom. The van der Waals surface area contributed by atoms with E-state index in [1.54, 1.807) is 0 Å². The summed E-state index contributed by atoms with van der Waals surface area (Å²) in [6, 6.07) is 0. The van der Waals surface area contributed by atoms with Crippen LogP contribution in [0, 0.1) is 13.8 Å². The van der Waals surface area contributed by atoms with Gasteiger partial charge < -0.3 is 4.74 Å². The Balaban J connectivity index is 0.000000509. The van der Waals surface area contributed by atoms with E-state index >= 15 is 0 Å². The molecule has 1 aliphatic rings. The van der Waals surface area contributed by atoms with Gasteiger partial charge in [0, 0.05) is 5.69 Å². The van der Waals surface area contributed by atoms with Crippen LogP contribution in [0.1, 0.15) is 50.5 Å². The number of hydrogen-bond acceptors (Lipinski definition) is 3. The Hall–Kier alpha value is -0.960. The summed E-state index contributed by atoms with van der Waals surface area (Å²) in [4.78, 5) is 8.66. The molecule has 1 aromatic rings. The lowest BCUT2D eigenvalue weighted by atomic mass is 10.1. The molecule has 16 heavy (non-hydrogen) atoms. The van der Waals surface area contributed by atoms with Gasteiger partial charge in [-0.3, -0.25) is 0 Å². The largest absolute Gasteiger partial charge is 0.375 e. The first kappa shape index (κ1) is 15.0. The van der Waals surface area contributed by atoms with Gasteiger partial charge in [0.1, 0.15) is 5.82 Å². The van der Waals surface area contributed by atoms with Crippen LogP contribution in [-0.4, -0.2) is 16.6 Å². The van der Waals surface area contributed by atoms with E-state index in [0.29, 0.717) is 6.61 Å². The Bertz CT molecular complexity index is 311. The van der Waals surface area contributed by atoms with Crippen molar-refractivity contribution in [3.05, 3.63) is 22.8 Å². The predicted molar refractivity (Wildman–Crippen MR) is 67.6 cm³/mol. The molecule has 1 aromatic heterocycles. The van der Waals surface area contributed by atoms with Gasteiger partial charge in [0.15, 0.2) is 0 Å². The van der Waals surface area contributed by atoms with Gasteiger partial charge in [-0.15, -0.1) is 0 Å². The zero-order valence-corrected chi connectivity index (χ0v) is 11.4. The average molecular weight is 224 g/mol. The Morgan fingerprint density at radius 3 is 2.25 bits per heavy atom. The van der Waals surface area contributed by atoms with Crippen LogP contribution in [0.25, 0.3) is 0 Å². The van der Waals surface area contributed by atoms with Crippen molar-refractivity contribution in [1.82, 2.24) is 9.97 Å². The fourth-order valence-electron chi connectivity index (χ4n) is 1.59. The van der Waals surface area contributed by atoms with Crippen molar-refractivity contribution in [2.45, 2.75) is 54.6 Å². The van der Waals surface area contributed by atoms with Crippen LogP contribution in [-0.2, 0) is 17.8 Å². The highest BCUT2D eigenvalue weighted by Crippen LogP contribution is 2.16. The van der Waals surface area contributed by atoms with Crippen LogP contribution < -0.4 is 0 Å². The summed E-state index contributed by atoms with van der Waals surface area (Å²) in [7, 11) is 0. The van der Waals surface area contributed by atoms with Gasteiger partial charge in [-0.1, -0.05) is 27.7 Å². The summed E-state index contributed by atoms with van der Waals surface area (Å²) in [5, 5.41) is 0. The molecule has 0 aliphatic carbocycles. The van der Waals surface area contributed by atoms with E-state index in [0.717, 1.165) is 30.2 Å². The lowest BCUT2D eigenvalue weighted by Gasteiger charge is -2.17. The minimum absolute atomic E-state index is 0.652. The van der Waals surface area contributed by atoms with Gasteiger partial charge in [0.25, 0.3) is 0 Å². The van der Waals surface area contributed by atoms with Crippen molar-refractivity contribution in [2.75, 3.05) is 6.61 Å². The lowest BCUT2D eigenvalue weighted by Crippen LogP contribution is -2.15. The molecule has 3 nitrogen and oxygen atoms in total. The first-order valence-electron chi connectivity index (χ1n) is 6.18. The number of ether oxygens (including phenoxy) is 1. The molecular weight excluding hydrogens is 200 g/mol. The van der Waals surface area contributed by atoms with Crippen LogP contribution in [0.4, 0.5) is 0 Å². The second kappa shape index (κ2) is 8.22. The monoisotopic (exact) mass is 224 g/mol. The fourth-order valence-corrected chi connectivity index (χ4v) is 1.59. The lowest BCUT2D eigenvalue weighted by molar-refractivity contribution is 0.106. The van der Waals surface area contributed by atoms with Crippen molar-refractivity contribution in [1.29, 1.82) is 0 Å². The van der Waals surface area contributed by atoms with Crippen molar-refractivity contribution in [3.8, 4) is 0 Å². The Morgan fingerprint density at radius 1 is 1.00 bits per heavy atom. The molecule has 0 bridgehead atoms. The van der Waals surface area contributed by atoms with E-state index in [9.17, 15) is 0 Å². The molecule has 0 N–H and O–H groups in total. The van der Waals surface area contributed by atoms with Gasteiger partial charge in [-0.2, -0.15) is 0 Å². The molecule has 0 aromatic carbocycles. The highest BCUT2D eigenvalue weighted by atomic mass is 16.5. The molecule has 0 atom stereocenters. The molecule has 0 fully saturated rings. The highest BCUT2D eigenvalue weighted by molar-refractivity contribution is 5.26. The quantitative estimate of drug-likeness (QED) is 0.678. The topological polar surface area (TPSA) is 35.0 Å². The summed E-state index contributed by atoms with van der Waals surface area (Å²) in [5.74, 6) is 0.844. The third-order valence-electron chi connectivity index (χ3n) is 2.15. The van der Waals surface area contributed by atoms with Crippen LogP contribution in [0.5, 0.6) is 0 Å². The smallest absolute Gasteiger partial charge is 0.125 e. The minimum atomic E-state index is 0.652. The average Bonchev–Trinajstić information content (AvgIpc) is 2.34. The maximum atomic E-state index is 5.32. The maximum Gasteiger partial charge on any atom is 0.125 e. The minimum Gasteiger partial charge on any atom is -0.375 e. The summed E-state index contributed by atoms with van der Waals surface area (Å²) in [6.07, 6.45) is 0.960. The van der Waals surface area contributed by atoms with E-state index in [1.165, 1.54) is 5.56 Å². The molecule has 0 spiro atoms. The molecule has 92 valence electrons. The molecule has 0 radical (unpaired) electrons. The van der Waals surface area contributed by atoms with Crippen LogP contribution in [0.3, 0.4) is 0 Å². The maximum absolute atomic E-state index is 5.32. The van der Waals surface area contributed by atoms with Gasteiger partial charge >= 0.3 is 0 Å². The SMILES string of the molecule is CC.CC.Cc1nc(C)c2c(n1)COCC2. The molecule has 2 rings (SSSR count). The number of fused-ring (bicyclic) bond motifs is 1. The van der Waals surface area contributed by atoms with Crippen molar-refractivity contribution in [2.24, 2.45) is 0 Å². The zero-order valence-electron chi connectivity index (χ0n) is 11.4. The van der Waals surface area contributed by atoms with Crippen molar-refractivity contribution in [3.63, 3.8) is 0 Å². The Labute approximate surface area is 99.3 Å². The summed E-state index contributed by atoms with van der Waals surface area (Å²) >= 11 is 0. The molecule has 3 heteroatoms. The number of nitrogens with zero attached hydrogens (tertiary/aromatic N) is 2. The van der Waals surface area contributed by atoms with Crippen molar-refractivity contribution >= 4 is 0 Å². The van der Waals surface area contributed by atoms with Gasteiger partial charge in [0.2, 0.25) is 0 Å². The first-order valence-corrected chi connectivity index (χ1v) is 6.18. The number of hydrogen-bond donors (Lipinski definition) is 0. The normalized spacial score (nSPS) is 12.6. The summed E-state index contributed by atoms with van der Waals surface area (Å²) in [6.45, 7) is 13.4. The zero-order chi connectivity index (χ0) is 12.6. The van der Waals surface area contributed by atoms with Crippen LogP contribution >= 0.6 is 0 Å². The molecule has 2 heterocycles. The predicted octanol–water partition coefficient (Wildman–Crippen LogP) is 3.22. The first-order chi connectivity index (χ1) is 7.77. The Kier molecular flexibility index (Phi) is 7.73. The van der Waals surface area contributed by atoms with E-state index in [4.69, 9.17) is 4.74 Å². The van der Waals surface area contributed by atoms with Gasteiger partial charge in [0.05, 0.1) is 18.9 Å². The summed E-state index contributed by atoms with van der Waals surface area (Å²) in [5.41, 5.74) is 3.47. The van der Waals surface area contributed by atoms with Gasteiger partial charge in [-0.25, -0.2) is 9.97 Å². The highest BCUT2D eigenvalue weighted by Gasteiger charge is 2.13. The number of aromatic nitrogens is 2. The van der Waals surface area contributed by atoms with E-state index in [2.05, 4.69) is 9.97 Å². The summed E-state index contributed by atoms with van der Waals surface area (Å²) < 4.78 is 5.32. The van der Waals surface area contributed by atoms with E-state index in [-0.39, 0.29) is 0 Å². The van der Waals surface area contributed by atoms with E-state index in [1.807, 2.05) is 41.5 Å². The molecule has 0 amide bonds.